The molecule has 0 aromatic carbocycles. The van der Waals surface area contributed by atoms with Crippen LogP contribution >= 0.6 is 12.4 Å². The number of nitrogens with zero attached hydrogens (tertiary/aromatic N) is 5. The van der Waals surface area contributed by atoms with Crippen LogP contribution in [0.3, 0.4) is 0 Å². The minimum Gasteiger partial charge on any atom is -0.412 e. The van der Waals surface area contributed by atoms with E-state index in [1.165, 1.54) is 0 Å². The van der Waals surface area contributed by atoms with E-state index in [9.17, 15) is 4.79 Å². The predicted molar refractivity (Wildman–Crippen MR) is 90.3 cm³/mol. The lowest BCUT2D eigenvalue weighted by atomic mass is 10.3. The monoisotopic (exact) mass is 335 g/mol. The third kappa shape index (κ3) is 3.64. The molecule has 0 fully saturated rings. The summed E-state index contributed by atoms with van der Waals surface area (Å²) < 4.78 is 1.81. The molecule has 3 aromatic heterocycles. The topological polar surface area (TPSA) is 95.4 Å². The van der Waals surface area contributed by atoms with Crippen molar-refractivity contribution in [1.29, 1.82) is 0 Å². The molecule has 0 aliphatic heterocycles. The zero-order valence-electron chi connectivity index (χ0n) is 12.8. The lowest BCUT2D eigenvalue weighted by Gasteiger charge is -2.12. The number of aromatic nitrogens is 4. The molecule has 0 saturated heterocycles. The number of hydrogen-bond acceptors (Lipinski definition) is 4. The summed E-state index contributed by atoms with van der Waals surface area (Å²) in [5.74, 6) is 0.636. The summed E-state index contributed by atoms with van der Waals surface area (Å²) in [6.07, 6.45) is 3.41. The van der Waals surface area contributed by atoms with Crippen LogP contribution < -0.4 is 0 Å². The van der Waals surface area contributed by atoms with Gasteiger partial charge in [0, 0.05) is 26.5 Å². The summed E-state index contributed by atoms with van der Waals surface area (Å²) in [4.78, 5) is 26.8. The molecule has 3 aromatic rings. The van der Waals surface area contributed by atoms with Gasteiger partial charge in [0.05, 0.1) is 0 Å². The first-order valence-corrected chi connectivity index (χ1v) is 6.59. The fraction of sp³-hybridized carbons (Fsp3) is 0.200. The highest BCUT2D eigenvalue weighted by atomic mass is 35.5. The largest absolute Gasteiger partial charge is 0.412 e. The normalized spacial score (nSPS) is 9.83. The van der Waals surface area contributed by atoms with Crippen molar-refractivity contribution in [3.05, 3.63) is 42.7 Å². The van der Waals surface area contributed by atoms with Crippen molar-refractivity contribution in [3.8, 4) is 11.5 Å². The van der Waals surface area contributed by atoms with E-state index in [2.05, 4.69) is 15.0 Å². The van der Waals surface area contributed by atoms with E-state index in [1.54, 1.807) is 36.0 Å². The average Bonchev–Trinajstić information content (AvgIpc) is 2.87. The van der Waals surface area contributed by atoms with Gasteiger partial charge in [0.1, 0.15) is 17.8 Å². The van der Waals surface area contributed by atoms with Crippen molar-refractivity contribution < 1.29 is 10.3 Å². The minimum atomic E-state index is -0.0165. The molecule has 0 aliphatic rings. The maximum Gasteiger partial charge on any atom is 0.242 e. The summed E-state index contributed by atoms with van der Waals surface area (Å²) in [6, 6.07) is 9.33. The Hall–Kier alpha value is -2.51. The van der Waals surface area contributed by atoms with Gasteiger partial charge in [-0.05, 0) is 24.3 Å². The molecule has 3 rings (SSSR count). The van der Waals surface area contributed by atoms with Crippen molar-refractivity contribution in [2.75, 3.05) is 14.1 Å². The van der Waals surface area contributed by atoms with Crippen LogP contribution in [0, 0.1) is 0 Å². The van der Waals surface area contributed by atoms with Crippen molar-refractivity contribution in [2.24, 2.45) is 0 Å². The van der Waals surface area contributed by atoms with Gasteiger partial charge >= 0.3 is 0 Å². The first kappa shape index (κ1) is 18.5. The number of carbonyl (C=O) groups is 1. The number of hydrogen-bond donors (Lipinski definition) is 0. The van der Waals surface area contributed by atoms with Gasteiger partial charge in [-0.1, -0.05) is 6.07 Å². The Morgan fingerprint density at radius 2 is 1.87 bits per heavy atom. The second kappa shape index (κ2) is 7.66. The number of halogens is 1. The van der Waals surface area contributed by atoms with E-state index < -0.39 is 0 Å². The van der Waals surface area contributed by atoms with Crippen LogP contribution in [0.15, 0.2) is 42.7 Å². The smallest absolute Gasteiger partial charge is 0.242 e. The van der Waals surface area contributed by atoms with Gasteiger partial charge in [0.15, 0.2) is 11.5 Å². The van der Waals surface area contributed by atoms with E-state index in [1.807, 2.05) is 30.3 Å². The molecule has 0 bridgehead atoms. The Morgan fingerprint density at radius 1 is 1.13 bits per heavy atom. The zero-order chi connectivity index (χ0) is 14.8. The molecule has 0 saturated carbocycles. The maximum absolute atomic E-state index is 12.1. The number of fused-ring (bicyclic) bond motifs is 1. The molecule has 7 nitrogen and oxygen atoms in total. The van der Waals surface area contributed by atoms with Crippen LogP contribution in [0.2, 0.25) is 0 Å². The van der Waals surface area contributed by atoms with Gasteiger partial charge in [-0.3, -0.25) is 14.3 Å². The molecule has 8 heteroatoms. The summed E-state index contributed by atoms with van der Waals surface area (Å²) in [5.41, 5.74) is 2.17. The molecule has 122 valence electrons. The summed E-state index contributed by atoms with van der Waals surface area (Å²) in [6.45, 7) is 0.187. The third-order valence-corrected chi connectivity index (χ3v) is 3.19. The van der Waals surface area contributed by atoms with Crippen molar-refractivity contribution in [2.45, 2.75) is 6.54 Å². The number of rotatable bonds is 3. The van der Waals surface area contributed by atoms with Crippen LogP contribution in [-0.2, 0) is 11.3 Å². The first-order chi connectivity index (χ1) is 10.2. The minimum absolute atomic E-state index is 0. The Morgan fingerprint density at radius 3 is 2.52 bits per heavy atom. The molecular weight excluding hydrogens is 318 g/mol. The van der Waals surface area contributed by atoms with Gasteiger partial charge in [0.25, 0.3) is 0 Å². The van der Waals surface area contributed by atoms with Crippen molar-refractivity contribution in [3.63, 3.8) is 0 Å². The van der Waals surface area contributed by atoms with Crippen molar-refractivity contribution >= 4 is 29.5 Å². The van der Waals surface area contributed by atoms with E-state index in [4.69, 9.17) is 0 Å². The number of likely N-dealkylation sites (N-methyl/N-ethyl adjacent to an activating group) is 1. The SMILES string of the molecule is CN(C)C(=O)Cn1c(-c2ccccn2)nc2cccnc21.Cl.O. The van der Waals surface area contributed by atoms with E-state index in [0.717, 1.165) is 11.2 Å². The molecule has 1 amide bonds. The van der Waals surface area contributed by atoms with Gasteiger partial charge < -0.3 is 10.4 Å². The van der Waals surface area contributed by atoms with Gasteiger partial charge in [-0.15, -0.1) is 12.4 Å². The van der Waals surface area contributed by atoms with Gasteiger partial charge in [-0.25, -0.2) is 9.97 Å². The number of pyridine rings is 2. The quantitative estimate of drug-likeness (QED) is 0.718. The standard InChI is InChI=1S/C15H15N5O.ClH.H2O/c1-19(2)13(21)10-20-14-12(7-5-9-17-14)18-15(20)11-6-3-4-8-16-11;;/h3-9H,10H2,1-2H3;1H;1H2. The fourth-order valence-electron chi connectivity index (χ4n) is 2.08. The number of amides is 1. The molecule has 2 N–H and O–H groups in total. The average molecular weight is 336 g/mol. The second-order valence-electron chi connectivity index (χ2n) is 4.87. The van der Waals surface area contributed by atoms with Crippen LogP contribution in [0.1, 0.15) is 0 Å². The Balaban J connectivity index is 0.00000132. The maximum atomic E-state index is 12.1. The number of carbonyl (C=O) groups excluding carboxylic acids is 1. The lowest BCUT2D eigenvalue weighted by molar-refractivity contribution is -0.129. The first-order valence-electron chi connectivity index (χ1n) is 6.59. The molecule has 0 aliphatic carbocycles. The van der Waals surface area contributed by atoms with Crippen LogP contribution in [0.25, 0.3) is 22.7 Å². The molecular formula is C15H18ClN5O2. The van der Waals surface area contributed by atoms with E-state index in [0.29, 0.717) is 11.5 Å². The molecule has 23 heavy (non-hydrogen) atoms. The molecule has 0 spiro atoms. The molecule has 3 heterocycles. The summed E-state index contributed by atoms with van der Waals surface area (Å²) in [7, 11) is 3.46. The number of imidazole rings is 1. The fourth-order valence-corrected chi connectivity index (χ4v) is 2.08. The van der Waals surface area contributed by atoms with Crippen molar-refractivity contribution in [1.82, 2.24) is 24.4 Å². The van der Waals surface area contributed by atoms with E-state index in [-0.39, 0.29) is 30.3 Å². The van der Waals surface area contributed by atoms with Crippen LogP contribution in [0.5, 0.6) is 0 Å². The highest BCUT2D eigenvalue weighted by molar-refractivity contribution is 5.85. The summed E-state index contributed by atoms with van der Waals surface area (Å²) in [5, 5.41) is 0. The van der Waals surface area contributed by atoms with Gasteiger partial charge in [0.2, 0.25) is 5.91 Å². The van der Waals surface area contributed by atoms with Gasteiger partial charge in [-0.2, -0.15) is 0 Å². The summed E-state index contributed by atoms with van der Waals surface area (Å²) >= 11 is 0. The molecule has 0 unspecified atom stereocenters. The lowest BCUT2D eigenvalue weighted by Crippen LogP contribution is -2.26. The third-order valence-electron chi connectivity index (χ3n) is 3.19. The van der Waals surface area contributed by atoms with Crippen LogP contribution in [0.4, 0.5) is 0 Å². The zero-order valence-corrected chi connectivity index (χ0v) is 13.6. The van der Waals surface area contributed by atoms with E-state index >= 15 is 0 Å². The Kier molecular flexibility index (Phi) is 6.18. The highest BCUT2D eigenvalue weighted by Gasteiger charge is 2.17. The second-order valence-corrected chi connectivity index (χ2v) is 4.87. The Labute approximate surface area is 139 Å². The predicted octanol–water partition coefficient (Wildman–Crippen LogP) is 1.18. The molecule has 0 radical (unpaired) electrons. The Bertz CT molecular complexity index is 789. The molecule has 0 atom stereocenters. The highest BCUT2D eigenvalue weighted by Crippen LogP contribution is 2.21. The van der Waals surface area contributed by atoms with Crippen LogP contribution in [-0.4, -0.2) is 49.9 Å².